The molecule has 0 amide bonds. The van der Waals surface area contributed by atoms with Crippen LogP contribution in [0.25, 0.3) is 10.9 Å². The number of thiocarbonyl (C=S) groups is 1. The zero-order chi connectivity index (χ0) is 23.7. The summed E-state index contributed by atoms with van der Waals surface area (Å²) < 4.78 is 6.65. The maximum Gasteiger partial charge on any atom is 0.166 e. The number of aliphatic hydroxyl groups is 1. The summed E-state index contributed by atoms with van der Waals surface area (Å²) in [6.07, 6.45) is 4.97. The lowest BCUT2D eigenvalue weighted by molar-refractivity contribution is -0.173. The highest BCUT2D eigenvalue weighted by Crippen LogP contribution is 2.69. The van der Waals surface area contributed by atoms with E-state index in [2.05, 4.69) is 34.1 Å². The standard InChI is InChI=1S/C28H29N3O3S/c29-22(35)10-15-3-5-19-17(9-15)18-12-28(33)21-11-16-4-6-20(32)25-23(16)27(28,26(34-25)24(18)30-19)7-8-31(21)13-14-1-2-14/h3-6,9,14,21,26,30,32-33H,1-2,7-8,10-13H2,(H2,29,35)/t21-,26+,27+,28-/m1/s1. The highest BCUT2D eigenvalue weighted by atomic mass is 32.1. The summed E-state index contributed by atoms with van der Waals surface area (Å²) in [7, 11) is 0. The first kappa shape index (κ1) is 20.6. The van der Waals surface area contributed by atoms with Gasteiger partial charge in [0.1, 0.15) is 0 Å². The van der Waals surface area contributed by atoms with Crippen LogP contribution >= 0.6 is 12.2 Å². The fraction of sp³-hybridized carbons (Fsp3) is 0.464. The van der Waals surface area contributed by atoms with Gasteiger partial charge < -0.3 is 25.7 Å². The van der Waals surface area contributed by atoms with Gasteiger partial charge in [-0.05, 0) is 73.0 Å². The van der Waals surface area contributed by atoms with Crippen LogP contribution in [0, 0.1) is 5.92 Å². The van der Waals surface area contributed by atoms with Crippen LogP contribution in [0.5, 0.6) is 11.5 Å². The van der Waals surface area contributed by atoms with E-state index in [1.165, 1.54) is 18.4 Å². The predicted octanol–water partition coefficient (Wildman–Crippen LogP) is 3.40. The second-order valence-corrected chi connectivity index (χ2v) is 12.0. The number of piperidine rings is 1. The number of rotatable bonds is 4. The van der Waals surface area contributed by atoms with Crippen molar-refractivity contribution in [2.75, 3.05) is 13.1 Å². The molecule has 5 aliphatic rings. The van der Waals surface area contributed by atoms with Crippen LogP contribution in [-0.2, 0) is 24.7 Å². The quantitative estimate of drug-likeness (QED) is 0.422. The van der Waals surface area contributed by atoms with Gasteiger partial charge in [-0.3, -0.25) is 4.90 Å². The molecule has 4 atom stereocenters. The van der Waals surface area contributed by atoms with Crippen LogP contribution < -0.4 is 10.5 Å². The fourth-order valence-corrected chi connectivity index (χ4v) is 8.15. The minimum atomic E-state index is -0.974. The summed E-state index contributed by atoms with van der Waals surface area (Å²) in [5.41, 5.74) is 10.8. The Bertz CT molecular complexity index is 1440. The first-order valence-electron chi connectivity index (χ1n) is 12.8. The van der Waals surface area contributed by atoms with Gasteiger partial charge in [-0.15, -0.1) is 0 Å². The normalized spacial score (nSPS) is 32.3. The Morgan fingerprint density at radius 3 is 2.91 bits per heavy atom. The number of nitrogens with zero attached hydrogens (tertiary/aromatic N) is 1. The second-order valence-electron chi connectivity index (χ2n) is 11.5. The van der Waals surface area contributed by atoms with Crippen LogP contribution in [-0.4, -0.2) is 49.8 Å². The molecule has 0 unspecified atom stereocenters. The highest BCUT2D eigenvalue weighted by molar-refractivity contribution is 7.80. The molecular weight excluding hydrogens is 458 g/mol. The summed E-state index contributed by atoms with van der Waals surface area (Å²) in [4.78, 5) is 6.69. The first-order chi connectivity index (χ1) is 16.9. The van der Waals surface area contributed by atoms with E-state index in [1.54, 1.807) is 6.07 Å². The largest absolute Gasteiger partial charge is 0.504 e. The van der Waals surface area contributed by atoms with E-state index in [0.717, 1.165) is 65.1 Å². The van der Waals surface area contributed by atoms with Crippen LogP contribution in [0.1, 0.15) is 53.3 Å². The Kier molecular flexibility index (Phi) is 3.87. The zero-order valence-corrected chi connectivity index (χ0v) is 20.3. The van der Waals surface area contributed by atoms with Gasteiger partial charge in [0.2, 0.25) is 0 Å². The molecule has 1 saturated heterocycles. The highest BCUT2D eigenvalue weighted by Gasteiger charge is 2.72. The topological polar surface area (TPSA) is 94.7 Å². The number of likely N-dealkylation sites (tertiary alicyclic amines) is 1. The number of nitrogens with two attached hydrogens (primary N) is 1. The predicted molar refractivity (Wildman–Crippen MR) is 137 cm³/mol. The maximum absolute atomic E-state index is 12.9. The Morgan fingerprint density at radius 1 is 1.26 bits per heavy atom. The first-order valence-corrected chi connectivity index (χ1v) is 13.2. The number of hydrogen-bond donors (Lipinski definition) is 4. The summed E-state index contributed by atoms with van der Waals surface area (Å²) in [6.45, 7) is 2.01. The lowest BCUT2D eigenvalue weighted by Gasteiger charge is -2.62. The van der Waals surface area contributed by atoms with Crippen LogP contribution in [0.15, 0.2) is 30.3 Å². The summed E-state index contributed by atoms with van der Waals surface area (Å²) in [6, 6.07) is 10.2. The Balaban J connectivity index is 1.37. The van der Waals surface area contributed by atoms with Gasteiger partial charge in [0.15, 0.2) is 17.6 Å². The van der Waals surface area contributed by atoms with Gasteiger partial charge in [-0.25, -0.2) is 0 Å². The monoisotopic (exact) mass is 487 g/mol. The molecule has 3 aromatic rings. The van der Waals surface area contributed by atoms with E-state index in [4.69, 9.17) is 22.7 Å². The van der Waals surface area contributed by atoms with Gasteiger partial charge in [0.05, 0.1) is 21.7 Å². The van der Waals surface area contributed by atoms with Crippen molar-refractivity contribution in [2.24, 2.45) is 11.7 Å². The van der Waals surface area contributed by atoms with E-state index in [9.17, 15) is 10.2 Å². The number of fused-ring (bicyclic) bond motifs is 4. The van der Waals surface area contributed by atoms with E-state index in [-0.39, 0.29) is 17.9 Å². The van der Waals surface area contributed by atoms with E-state index in [0.29, 0.717) is 23.6 Å². The Morgan fingerprint density at radius 2 is 2.11 bits per heavy atom. The molecule has 2 fully saturated rings. The number of phenolic OH excluding ortho intramolecular Hbond substituents is 1. The molecule has 1 spiro atoms. The molecule has 5 N–H and O–H groups in total. The van der Waals surface area contributed by atoms with Crippen molar-refractivity contribution in [3.8, 4) is 11.5 Å². The average Bonchev–Trinajstić information content (AvgIpc) is 3.46. The number of H-pyrrole nitrogens is 1. The van der Waals surface area contributed by atoms with Crippen molar-refractivity contribution in [1.29, 1.82) is 0 Å². The number of aromatic hydroxyl groups is 1. The van der Waals surface area contributed by atoms with Crippen LogP contribution in [0.2, 0.25) is 0 Å². The molecule has 1 aromatic heterocycles. The third-order valence-corrected chi connectivity index (χ3v) is 9.75. The van der Waals surface area contributed by atoms with Gasteiger partial charge >= 0.3 is 0 Å². The van der Waals surface area contributed by atoms with Crippen molar-refractivity contribution >= 4 is 28.1 Å². The molecule has 2 aromatic carbocycles. The molecule has 1 saturated carbocycles. The minimum absolute atomic E-state index is 0.0313. The lowest BCUT2D eigenvalue weighted by Crippen LogP contribution is -2.74. The Hall–Kier alpha value is -2.61. The van der Waals surface area contributed by atoms with Crippen molar-refractivity contribution in [2.45, 2.75) is 61.7 Å². The summed E-state index contributed by atoms with van der Waals surface area (Å²) >= 11 is 5.16. The molecule has 8 rings (SSSR count). The van der Waals surface area contributed by atoms with E-state index in [1.807, 2.05) is 0 Å². The van der Waals surface area contributed by atoms with Crippen LogP contribution in [0.4, 0.5) is 0 Å². The second kappa shape index (κ2) is 6.58. The van der Waals surface area contributed by atoms with Crippen LogP contribution in [0.3, 0.4) is 0 Å². The average molecular weight is 488 g/mol. The van der Waals surface area contributed by atoms with E-state index < -0.39 is 11.0 Å². The number of phenols is 1. The van der Waals surface area contributed by atoms with Gasteiger partial charge in [0, 0.05) is 41.9 Å². The molecule has 3 aliphatic carbocycles. The molecule has 2 aliphatic heterocycles. The fourth-order valence-electron chi connectivity index (χ4n) is 7.98. The Labute approximate surface area is 209 Å². The molecule has 3 heterocycles. The summed E-state index contributed by atoms with van der Waals surface area (Å²) in [5.74, 6) is 1.50. The molecule has 2 bridgehead atoms. The third-order valence-electron chi connectivity index (χ3n) is 9.60. The molecule has 0 radical (unpaired) electrons. The van der Waals surface area contributed by atoms with E-state index >= 15 is 0 Å². The van der Waals surface area contributed by atoms with Crippen molar-refractivity contribution < 1.29 is 14.9 Å². The number of ether oxygens (including phenoxy) is 1. The van der Waals surface area contributed by atoms with Crippen molar-refractivity contribution in [1.82, 2.24) is 9.88 Å². The SMILES string of the molecule is NC(=S)Cc1ccc2[nH]c3c(c2c1)C[C@@]1(O)[C@H]2Cc4ccc(O)c5c4[C@@]1(CCN2CC1CC1)[C@H]3O5. The van der Waals surface area contributed by atoms with Gasteiger partial charge in [0.25, 0.3) is 0 Å². The van der Waals surface area contributed by atoms with Crippen molar-refractivity contribution in [3.05, 3.63) is 58.3 Å². The number of aromatic nitrogens is 1. The lowest BCUT2D eigenvalue weighted by atomic mass is 9.49. The smallest absolute Gasteiger partial charge is 0.166 e. The number of hydrogen-bond acceptors (Lipinski definition) is 5. The maximum atomic E-state index is 12.9. The zero-order valence-electron chi connectivity index (χ0n) is 19.5. The molecule has 7 heteroatoms. The molecule has 35 heavy (non-hydrogen) atoms. The third kappa shape index (κ3) is 2.49. The number of benzene rings is 2. The van der Waals surface area contributed by atoms with Crippen molar-refractivity contribution in [3.63, 3.8) is 0 Å². The van der Waals surface area contributed by atoms with Gasteiger partial charge in [-0.1, -0.05) is 24.4 Å². The molecule has 180 valence electrons. The number of nitrogens with one attached hydrogen (secondary N) is 1. The minimum Gasteiger partial charge on any atom is -0.504 e. The van der Waals surface area contributed by atoms with Gasteiger partial charge in [-0.2, -0.15) is 0 Å². The number of aromatic amines is 1. The summed E-state index contributed by atoms with van der Waals surface area (Å²) in [5, 5.41) is 24.8. The molecule has 6 nitrogen and oxygen atoms in total. The molecular formula is C28H29N3O3S.